The molecule has 0 aromatic carbocycles. The molecule has 0 bridgehead atoms. The Morgan fingerprint density at radius 1 is 1.29 bits per heavy atom. The Bertz CT molecular complexity index is 456. The maximum atomic E-state index is 11.9. The third-order valence-electron chi connectivity index (χ3n) is 4.06. The topological polar surface area (TPSA) is 82.7 Å². The molecule has 2 saturated carbocycles. The second-order valence-corrected chi connectivity index (χ2v) is 5.30. The zero-order valence-corrected chi connectivity index (χ0v) is 9.44. The van der Waals surface area contributed by atoms with Gasteiger partial charge in [-0.25, -0.2) is 4.98 Å². The van der Waals surface area contributed by atoms with E-state index < -0.39 is 0 Å². The van der Waals surface area contributed by atoms with Gasteiger partial charge in [0, 0.05) is 25.0 Å². The molecule has 6 heteroatoms. The molecule has 1 aromatic rings. The fourth-order valence-corrected chi connectivity index (χ4v) is 2.76. The van der Waals surface area contributed by atoms with Gasteiger partial charge < -0.3 is 10.6 Å². The molecule has 0 radical (unpaired) electrons. The van der Waals surface area contributed by atoms with Crippen molar-refractivity contribution >= 4 is 5.91 Å². The number of amides is 1. The summed E-state index contributed by atoms with van der Waals surface area (Å²) in [6, 6.07) is 0.339. The van der Waals surface area contributed by atoms with Gasteiger partial charge in [0.1, 0.15) is 5.82 Å². The minimum atomic E-state index is -0.132. The minimum Gasteiger partial charge on any atom is -0.346 e. The molecule has 2 heterocycles. The van der Waals surface area contributed by atoms with E-state index in [0.29, 0.717) is 29.6 Å². The second kappa shape index (κ2) is 3.29. The Morgan fingerprint density at radius 2 is 2.06 bits per heavy atom. The van der Waals surface area contributed by atoms with E-state index >= 15 is 0 Å². The number of carbonyl (C=O) groups is 1. The van der Waals surface area contributed by atoms with Crippen molar-refractivity contribution in [2.45, 2.75) is 24.8 Å². The summed E-state index contributed by atoms with van der Waals surface area (Å²) in [5, 5.41) is 13.2. The van der Waals surface area contributed by atoms with Crippen LogP contribution in [0.3, 0.4) is 0 Å². The lowest BCUT2D eigenvalue weighted by Gasteiger charge is -2.04. The molecule has 3 aliphatic rings. The van der Waals surface area contributed by atoms with Gasteiger partial charge in [0.25, 0.3) is 5.91 Å². The van der Waals surface area contributed by atoms with Crippen LogP contribution in [-0.4, -0.2) is 40.2 Å². The van der Waals surface area contributed by atoms with Crippen LogP contribution in [0, 0.1) is 11.8 Å². The normalized spacial score (nSPS) is 34.5. The van der Waals surface area contributed by atoms with Gasteiger partial charge in [-0.1, -0.05) is 0 Å². The molecule has 1 aromatic heterocycles. The number of hydrogen-bond donors (Lipinski definition) is 3. The summed E-state index contributed by atoms with van der Waals surface area (Å²) in [6.07, 6.45) is 2.32. The predicted molar refractivity (Wildman–Crippen MR) is 59.5 cm³/mol. The molecular weight excluding hydrogens is 218 g/mol. The van der Waals surface area contributed by atoms with Crippen molar-refractivity contribution in [3.05, 3.63) is 11.6 Å². The molecule has 3 N–H and O–H groups in total. The van der Waals surface area contributed by atoms with Crippen LogP contribution < -0.4 is 10.6 Å². The van der Waals surface area contributed by atoms with E-state index in [1.807, 2.05) is 0 Å². The largest absolute Gasteiger partial charge is 0.346 e. The highest BCUT2D eigenvalue weighted by atomic mass is 16.2. The lowest BCUT2D eigenvalue weighted by molar-refractivity contribution is 0.0936. The third kappa shape index (κ3) is 1.55. The van der Waals surface area contributed by atoms with E-state index in [0.717, 1.165) is 31.8 Å². The van der Waals surface area contributed by atoms with E-state index in [-0.39, 0.29) is 5.91 Å². The van der Waals surface area contributed by atoms with Crippen LogP contribution in [0.5, 0.6) is 0 Å². The average molecular weight is 233 g/mol. The molecule has 90 valence electrons. The zero-order chi connectivity index (χ0) is 11.4. The molecule has 4 rings (SSSR count). The summed E-state index contributed by atoms with van der Waals surface area (Å²) in [5.74, 6) is 2.79. The number of aromatic amines is 1. The smallest absolute Gasteiger partial charge is 0.291 e. The Kier molecular flexibility index (Phi) is 1.85. The highest BCUT2D eigenvalue weighted by Gasteiger charge is 2.53. The molecular formula is C11H15N5O. The first-order valence-electron chi connectivity index (χ1n) is 6.27. The molecule has 2 atom stereocenters. The van der Waals surface area contributed by atoms with Crippen molar-refractivity contribution in [1.82, 2.24) is 25.8 Å². The van der Waals surface area contributed by atoms with Crippen LogP contribution in [0.15, 0.2) is 0 Å². The second-order valence-electron chi connectivity index (χ2n) is 5.30. The number of carbonyl (C=O) groups excluding carboxylic acids is 1. The molecule has 2 unspecified atom stereocenters. The van der Waals surface area contributed by atoms with Gasteiger partial charge in [-0.2, -0.15) is 0 Å². The molecule has 17 heavy (non-hydrogen) atoms. The Balaban J connectivity index is 1.41. The van der Waals surface area contributed by atoms with E-state index in [1.54, 1.807) is 0 Å². The molecule has 1 amide bonds. The van der Waals surface area contributed by atoms with Crippen LogP contribution in [0.4, 0.5) is 0 Å². The molecule has 0 spiro atoms. The molecule has 3 fully saturated rings. The monoisotopic (exact) mass is 233 g/mol. The number of piperidine rings is 1. The first-order chi connectivity index (χ1) is 8.33. The number of fused-ring (bicyclic) bond motifs is 1. The van der Waals surface area contributed by atoms with E-state index in [2.05, 4.69) is 25.8 Å². The van der Waals surface area contributed by atoms with Gasteiger partial charge in [-0.3, -0.25) is 9.89 Å². The van der Waals surface area contributed by atoms with Gasteiger partial charge >= 0.3 is 0 Å². The Hall–Kier alpha value is -1.43. The average Bonchev–Trinajstić information content (AvgIpc) is 3.16. The van der Waals surface area contributed by atoms with Crippen LogP contribution >= 0.6 is 0 Å². The summed E-state index contributed by atoms with van der Waals surface area (Å²) >= 11 is 0. The van der Waals surface area contributed by atoms with Crippen molar-refractivity contribution in [3.63, 3.8) is 0 Å². The number of H-pyrrole nitrogens is 1. The van der Waals surface area contributed by atoms with Gasteiger partial charge in [0.15, 0.2) is 0 Å². The van der Waals surface area contributed by atoms with Crippen LogP contribution in [0.1, 0.15) is 35.2 Å². The van der Waals surface area contributed by atoms with Gasteiger partial charge in [0.05, 0.1) is 0 Å². The van der Waals surface area contributed by atoms with E-state index in [9.17, 15) is 4.79 Å². The van der Waals surface area contributed by atoms with Crippen LogP contribution in [0.2, 0.25) is 0 Å². The molecule has 2 aliphatic carbocycles. The summed E-state index contributed by atoms with van der Waals surface area (Å²) in [7, 11) is 0. The SMILES string of the molecule is O=C(NC1C2CNCC21)c1n[nH]c(C2CC2)n1. The van der Waals surface area contributed by atoms with Gasteiger partial charge in [-0.05, 0) is 24.7 Å². The summed E-state index contributed by atoms with van der Waals surface area (Å²) < 4.78 is 0. The van der Waals surface area contributed by atoms with Gasteiger partial charge in [0.2, 0.25) is 5.82 Å². The maximum Gasteiger partial charge on any atom is 0.291 e. The zero-order valence-electron chi connectivity index (χ0n) is 9.44. The number of rotatable bonds is 3. The molecule has 6 nitrogen and oxygen atoms in total. The van der Waals surface area contributed by atoms with Crippen molar-refractivity contribution < 1.29 is 4.79 Å². The minimum absolute atomic E-state index is 0.132. The number of hydrogen-bond acceptors (Lipinski definition) is 4. The summed E-state index contributed by atoms with van der Waals surface area (Å²) in [6.45, 7) is 2.05. The fraction of sp³-hybridized carbons (Fsp3) is 0.727. The lowest BCUT2D eigenvalue weighted by Crippen LogP contribution is -2.33. The number of nitrogens with one attached hydrogen (secondary N) is 3. The molecule has 1 aliphatic heterocycles. The van der Waals surface area contributed by atoms with Crippen molar-refractivity contribution in [2.24, 2.45) is 11.8 Å². The summed E-state index contributed by atoms with van der Waals surface area (Å²) in [4.78, 5) is 16.2. The lowest BCUT2D eigenvalue weighted by atomic mass is 10.4. The number of aromatic nitrogens is 3. The van der Waals surface area contributed by atoms with Crippen molar-refractivity contribution in [3.8, 4) is 0 Å². The van der Waals surface area contributed by atoms with Crippen LogP contribution in [0.25, 0.3) is 0 Å². The Labute approximate surface area is 98.6 Å². The fourth-order valence-electron chi connectivity index (χ4n) is 2.76. The molecule has 1 saturated heterocycles. The number of nitrogens with zero attached hydrogens (tertiary/aromatic N) is 2. The maximum absolute atomic E-state index is 11.9. The summed E-state index contributed by atoms with van der Waals surface area (Å²) in [5.41, 5.74) is 0. The Morgan fingerprint density at radius 3 is 2.76 bits per heavy atom. The highest BCUT2D eigenvalue weighted by Crippen LogP contribution is 2.41. The third-order valence-corrected chi connectivity index (χ3v) is 4.06. The van der Waals surface area contributed by atoms with E-state index in [1.165, 1.54) is 0 Å². The van der Waals surface area contributed by atoms with Crippen molar-refractivity contribution in [2.75, 3.05) is 13.1 Å². The highest BCUT2D eigenvalue weighted by molar-refractivity contribution is 5.90. The predicted octanol–water partition coefficient (Wildman–Crippen LogP) is -0.370. The first-order valence-corrected chi connectivity index (χ1v) is 6.27. The van der Waals surface area contributed by atoms with Gasteiger partial charge in [-0.15, -0.1) is 5.10 Å². The first kappa shape index (κ1) is 9.58. The standard InChI is InChI=1S/C11H15N5O/c17-11(13-8-6-3-12-4-7(6)8)10-14-9(15-16-10)5-1-2-5/h5-8,12H,1-4H2,(H,13,17)(H,14,15,16). The van der Waals surface area contributed by atoms with Crippen LogP contribution in [-0.2, 0) is 0 Å². The van der Waals surface area contributed by atoms with Crippen molar-refractivity contribution in [1.29, 1.82) is 0 Å². The van der Waals surface area contributed by atoms with E-state index in [4.69, 9.17) is 0 Å². The quantitative estimate of drug-likeness (QED) is 0.665.